The van der Waals surface area contributed by atoms with E-state index in [0.717, 1.165) is 30.4 Å². The van der Waals surface area contributed by atoms with E-state index in [1.807, 2.05) is 75.4 Å². The number of hydrogen-bond acceptors (Lipinski definition) is 5. The molecule has 0 aliphatic heterocycles. The van der Waals surface area contributed by atoms with Crippen LogP contribution in [0.5, 0.6) is 0 Å². The van der Waals surface area contributed by atoms with Gasteiger partial charge < -0.3 is 15.0 Å². The molecule has 1 fully saturated rings. The lowest BCUT2D eigenvalue weighted by Gasteiger charge is -2.43. The van der Waals surface area contributed by atoms with Crippen molar-refractivity contribution in [2.75, 3.05) is 0 Å². The Kier molecular flexibility index (Phi) is 6.00. The predicted octanol–water partition coefficient (Wildman–Crippen LogP) is 5.52. The zero-order valence-corrected chi connectivity index (χ0v) is 19.4. The first-order valence-electron chi connectivity index (χ1n) is 11.2. The molecule has 0 saturated heterocycles. The summed E-state index contributed by atoms with van der Waals surface area (Å²) in [6.07, 6.45) is 2.14. The minimum absolute atomic E-state index is 0.456. The highest BCUT2D eigenvalue weighted by atomic mass is 16.6. The molecule has 176 valence electrons. The van der Waals surface area contributed by atoms with Crippen LogP contribution in [0.15, 0.2) is 65.5 Å². The van der Waals surface area contributed by atoms with Crippen LogP contribution in [0.1, 0.15) is 45.6 Å². The fourth-order valence-corrected chi connectivity index (χ4v) is 4.20. The minimum atomic E-state index is -0.759. The van der Waals surface area contributed by atoms with Gasteiger partial charge in [-0.15, -0.1) is 0 Å². The van der Waals surface area contributed by atoms with Crippen LogP contribution in [0, 0.1) is 10.1 Å². The van der Waals surface area contributed by atoms with Gasteiger partial charge in [-0.1, -0.05) is 54.6 Å². The van der Waals surface area contributed by atoms with Crippen LogP contribution in [0.3, 0.4) is 0 Å². The highest BCUT2D eigenvalue weighted by Gasteiger charge is 2.41. The Labute approximate surface area is 197 Å². The molecule has 0 spiro atoms. The molecule has 8 nitrogen and oxygen atoms in total. The van der Waals surface area contributed by atoms with E-state index >= 15 is 0 Å². The number of nitrogens with zero attached hydrogens (tertiary/aromatic N) is 1. The number of pyridine rings is 1. The first-order chi connectivity index (χ1) is 16.1. The zero-order valence-electron chi connectivity index (χ0n) is 19.4. The van der Waals surface area contributed by atoms with E-state index in [9.17, 15) is 19.7 Å². The maximum absolute atomic E-state index is 12.4. The van der Waals surface area contributed by atoms with E-state index < -0.39 is 33.4 Å². The summed E-state index contributed by atoms with van der Waals surface area (Å²) < 4.78 is 5.45. The molecule has 1 saturated carbocycles. The third kappa shape index (κ3) is 4.71. The van der Waals surface area contributed by atoms with Crippen molar-refractivity contribution in [3.05, 3.63) is 86.7 Å². The summed E-state index contributed by atoms with van der Waals surface area (Å²) in [5.74, 6) is 0. The van der Waals surface area contributed by atoms with Crippen LogP contribution < -0.4 is 10.9 Å². The SMILES string of the molecule is CC(C)(C)OC(=O)NC1(c2ccc(-c3[nH]c(=O)c([N+](=O)[O-])cc3-c3ccccc3)cc2)CCC1. The monoisotopic (exact) mass is 461 g/mol. The lowest BCUT2D eigenvalue weighted by molar-refractivity contribution is -0.386. The molecule has 0 atom stereocenters. The number of alkyl carbamates (subject to hydrolysis) is 1. The summed E-state index contributed by atoms with van der Waals surface area (Å²) in [6, 6.07) is 18.1. The van der Waals surface area contributed by atoms with Gasteiger partial charge in [-0.3, -0.25) is 14.9 Å². The molecular formula is C26H27N3O5. The number of carbonyl (C=O) groups excluding carboxylic acids is 1. The molecule has 1 amide bonds. The number of amides is 1. The Morgan fingerprint density at radius 1 is 1.06 bits per heavy atom. The minimum Gasteiger partial charge on any atom is -0.444 e. The Morgan fingerprint density at radius 2 is 1.71 bits per heavy atom. The van der Waals surface area contributed by atoms with Crippen LogP contribution >= 0.6 is 0 Å². The molecule has 1 aliphatic rings. The fourth-order valence-electron chi connectivity index (χ4n) is 4.20. The second-order valence-corrected chi connectivity index (χ2v) is 9.54. The van der Waals surface area contributed by atoms with Crippen LogP contribution in [0.2, 0.25) is 0 Å². The fraction of sp³-hybridized carbons (Fsp3) is 0.308. The van der Waals surface area contributed by atoms with E-state index in [0.29, 0.717) is 16.8 Å². The van der Waals surface area contributed by atoms with Gasteiger partial charge in [-0.2, -0.15) is 0 Å². The maximum Gasteiger partial charge on any atom is 0.408 e. The number of aromatic amines is 1. The molecule has 0 bridgehead atoms. The van der Waals surface area contributed by atoms with Crippen molar-refractivity contribution < 1.29 is 14.5 Å². The highest BCUT2D eigenvalue weighted by molar-refractivity contribution is 5.82. The van der Waals surface area contributed by atoms with Crippen molar-refractivity contribution in [1.82, 2.24) is 10.3 Å². The average Bonchev–Trinajstić information content (AvgIpc) is 2.75. The smallest absolute Gasteiger partial charge is 0.408 e. The summed E-state index contributed by atoms with van der Waals surface area (Å²) in [4.78, 5) is 38.2. The van der Waals surface area contributed by atoms with Crippen molar-refractivity contribution in [1.29, 1.82) is 0 Å². The highest BCUT2D eigenvalue weighted by Crippen LogP contribution is 2.42. The third-order valence-electron chi connectivity index (χ3n) is 5.98. The van der Waals surface area contributed by atoms with Gasteiger partial charge in [0.2, 0.25) is 0 Å². The topological polar surface area (TPSA) is 114 Å². The van der Waals surface area contributed by atoms with Gasteiger partial charge >= 0.3 is 17.3 Å². The third-order valence-corrected chi connectivity index (χ3v) is 5.98. The van der Waals surface area contributed by atoms with E-state index in [2.05, 4.69) is 10.3 Å². The molecule has 8 heteroatoms. The van der Waals surface area contributed by atoms with Crippen molar-refractivity contribution in [2.24, 2.45) is 0 Å². The molecule has 4 rings (SSSR count). The average molecular weight is 462 g/mol. The zero-order chi connectivity index (χ0) is 24.5. The van der Waals surface area contributed by atoms with E-state index in [1.165, 1.54) is 6.07 Å². The largest absolute Gasteiger partial charge is 0.444 e. The van der Waals surface area contributed by atoms with Crippen LogP contribution in [0.25, 0.3) is 22.4 Å². The second kappa shape index (κ2) is 8.78. The van der Waals surface area contributed by atoms with Gasteiger partial charge in [0.1, 0.15) is 5.60 Å². The lowest BCUT2D eigenvalue weighted by Crippen LogP contribution is -2.52. The first kappa shape index (κ1) is 23.2. The summed E-state index contributed by atoms with van der Waals surface area (Å²) >= 11 is 0. The van der Waals surface area contributed by atoms with Gasteiger partial charge in [-0.25, -0.2) is 4.79 Å². The normalized spacial score (nSPS) is 14.7. The van der Waals surface area contributed by atoms with Crippen LogP contribution in [0.4, 0.5) is 10.5 Å². The van der Waals surface area contributed by atoms with Crippen molar-refractivity contribution >= 4 is 11.8 Å². The molecule has 1 aliphatic carbocycles. The maximum atomic E-state index is 12.4. The number of benzene rings is 2. The standard InChI is InChI=1S/C26H27N3O5/c1-25(2,3)34-24(31)28-26(14-7-15-26)19-12-10-18(11-13-19)22-20(17-8-5-4-6-9-17)16-21(29(32)33)23(30)27-22/h4-6,8-13,16H,7,14-15H2,1-3H3,(H,27,30)(H,28,31). The second-order valence-electron chi connectivity index (χ2n) is 9.54. The Balaban J connectivity index is 1.70. The summed E-state index contributed by atoms with van der Waals surface area (Å²) in [5.41, 5.74) is 1.12. The van der Waals surface area contributed by atoms with Crippen molar-refractivity contribution in [2.45, 2.75) is 51.2 Å². The molecule has 1 heterocycles. The molecule has 0 radical (unpaired) electrons. The molecule has 3 aromatic rings. The summed E-state index contributed by atoms with van der Waals surface area (Å²) in [5, 5.41) is 14.4. The Morgan fingerprint density at radius 3 is 2.24 bits per heavy atom. The van der Waals surface area contributed by atoms with Crippen LogP contribution in [-0.4, -0.2) is 21.6 Å². The van der Waals surface area contributed by atoms with Gasteiger partial charge in [-0.05, 0) is 56.7 Å². The number of H-pyrrole nitrogens is 1. The molecule has 1 aromatic heterocycles. The van der Waals surface area contributed by atoms with Gasteiger partial charge in [0, 0.05) is 11.6 Å². The van der Waals surface area contributed by atoms with Crippen LogP contribution in [-0.2, 0) is 10.3 Å². The molecule has 34 heavy (non-hydrogen) atoms. The number of rotatable bonds is 5. The number of hydrogen-bond donors (Lipinski definition) is 2. The quantitative estimate of drug-likeness (QED) is 0.383. The predicted molar refractivity (Wildman–Crippen MR) is 129 cm³/mol. The van der Waals surface area contributed by atoms with Gasteiger partial charge in [0.25, 0.3) is 0 Å². The van der Waals surface area contributed by atoms with Crippen molar-refractivity contribution in [3.8, 4) is 22.4 Å². The number of nitro groups is 1. The number of nitrogens with one attached hydrogen (secondary N) is 2. The number of carbonyl (C=O) groups is 1. The molecule has 2 N–H and O–H groups in total. The molecule has 0 unspecified atom stereocenters. The van der Waals surface area contributed by atoms with E-state index in [1.54, 1.807) is 0 Å². The Bertz CT molecular complexity index is 1270. The lowest BCUT2D eigenvalue weighted by atomic mass is 9.71. The van der Waals surface area contributed by atoms with E-state index in [4.69, 9.17) is 4.74 Å². The molecule has 2 aromatic carbocycles. The van der Waals surface area contributed by atoms with E-state index in [-0.39, 0.29) is 0 Å². The van der Waals surface area contributed by atoms with Gasteiger partial charge in [0.15, 0.2) is 0 Å². The van der Waals surface area contributed by atoms with Gasteiger partial charge in [0.05, 0.1) is 16.2 Å². The Hall–Kier alpha value is -3.94. The van der Waals surface area contributed by atoms with Crippen molar-refractivity contribution in [3.63, 3.8) is 0 Å². The number of ether oxygens (including phenoxy) is 1. The summed E-state index contributed by atoms with van der Waals surface area (Å²) in [6.45, 7) is 5.47. The first-order valence-corrected chi connectivity index (χ1v) is 11.2. The number of aromatic nitrogens is 1. The summed E-state index contributed by atoms with van der Waals surface area (Å²) in [7, 11) is 0. The molecular weight excluding hydrogens is 434 g/mol.